The molecule has 1 aromatic carbocycles. The Kier molecular flexibility index (Phi) is 6.75. The number of thiazole rings is 1. The molecule has 0 radical (unpaired) electrons. The maximum Gasteiger partial charge on any atom is 0.161 e. The van der Waals surface area contributed by atoms with Crippen LogP contribution in [0.5, 0.6) is 11.5 Å². The fourth-order valence-electron chi connectivity index (χ4n) is 2.77. The second kappa shape index (κ2) is 9.02. The first-order chi connectivity index (χ1) is 11.8. The molecular weight excluding hydrogens is 358 g/mol. The van der Waals surface area contributed by atoms with Gasteiger partial charge in [0.2, 0.25) is 0 Å². The highest BCUT2D eigenvalue weighted by atomic mass is 33.1. The highest BCUT2D eigenvalue weighted by molar-refractivity contribution is 8.77. The Hall–Kier alpha value is -0.850. The van der Waals surface area contributed by atoms with Gasteiger partial charge < -0.3 is 9.47 Å². The number of nitrogens with zero attached hydrogens (tertiary/aromatic N) is 1. The summed E-state index contributed by atoms with van der Waals surface area (Å²) < 4.78 is 10.7. The minimum atomic E-state index is 0.747. The largest absolute Gasteiger partial charge is 0.493 e. The van der Waals surface area contributed by atoms with E-state index in [9.17, 15) is 0 Å². The number of aromatic nitrogens is 1. The van der Waals surface area contributed by atoms with Crippen LogP contribution in [0, 0.1) is 0 Å². The molecule has 1 fully saturated rings. The zero-order chi connectivity index (χ0) is 16.8. The molecule has 0 aliphatic carbocycles. The van der Waals surface area contributed by atoms with Crippen LogP contribution in [-0.4, -0.2) is 30.2 Å². The number of methoxy groups -OCH3 is 2. The molecule has 0 N–H and O–H groups in total. The third-order valence-electron chi connectivity index (χ3n) is 4.13. The Balaban J connectivity index is 1.54. The predicted molar refractivity (Wildman–Crippen MR) is 107 cm³/mol. The van der Waals surface area contributed by atoms with Gasteiger partial charge in [-0.2, -0.15) is 0 Å². The fraction of sp³-hybridized carbons (Fsp3) is 0.500. The van der Waals surface area contributed by atoms with E-state index in [1.54, 1.807) is 25.6 Å². The van der Waals surface area contributed by atoms with Gasteiger partial charge in [0, 0.05) is 21.9 Å². The molecule has 6 heteroatoms. The monoisotopic (exact) mass is 381 g/mol. The molecule has 0 amide bonds. The van der Waals surface area contributed by atoms with Gasteiger partial charge in [0.1, 0.15) is 0 Å². The molecule has 0 bridgehead atoms. The normalized spacial score (nSPS) is 17.2. The number of unbranched alkanes of at least 4 members (excludes halogenated alkanes) is 1. The molecule has 1 atom stereocenters. The van der Waals surface area contributed by atoms with Gasteiger partial charge in [0.05, 0.1) is 24.9 Å². The molecule has 3 nitrogen and oxygen atoms in total. The van der Waals surface area contributed by atoms with E-state index in [4.69, 9.17) is 14.5 Å². The average molecular weight is 382 g/mol. The van der Waals surface area contributed by atoms with Crippen LogP contribution in [0.4, 0.5) is 0 Å². The average Bonchev–Trinajstić information content (AvgIpc) is 3.30. The molecule has 0 spiro atoms. The van der Waals surface area contributed by atoms with E-state index >= 15 is 0 Å². The SMILES string of the molecule is COc1ccc(-c2csc(CCCCC3CCSS3)n2)cc1OC. The number of hydrogen-bond donors (Lipinski definition) is 0. The van der Waals surface area contributed by atoms with Crippen LogP contribution in [0.3, 0.4) is 0 Å². The number of benzene rings is 1. The quantitative estimate of drug-likeness (QED) is 0.433. The molecule has 2 heterocycles. The first-order valence-electron chi connectivity index (χ1n) is 8.25. The highest BCUT2D eigenvalue weighted by Crippen LogP contribution is 2.40. The molecule has 0 saturated carbocycles. The smallest absolute Gasteiger partial charge is 0.161 e. The number of aryl methyl sites for hydroxylation is 1. The molecule has 1 unspecified atom stereocenters. The van der Waals surface area contributed by atoms with Crippen molar-refractivity contribution in [1.29, 1.82) is 0 Å². The minimum Gasteiger partial charge on any atom is -0.493 e. The van der Waals surface area contributed by atoms with Crippen molar-refractivity contribution in [3.05, 3.63) is 28.6 Å². The Morgan fingerprint density at radius 3 is 2.79 bits per heavy atom. The van der Waals surface area contributed by atoms with Crippen LogP contribution < -0.4 is 9.47 Å². The lowest BCUT2D eigenvalue weighted by atomic mass is 10.1. The third kappa shape index (κ3) is 4.61. The molecule has 3 rings (SSSR count). The lowest BCUT2D eigenvalue weighted by molar-refractivity contribution is 0.355. The van der Waals surface area contributed by atoms with Crippen LogP contribution in [-0.2, 0) is 6.42 Å². The van der Waals surface area contributed by atoms with E-state index in [1.807, 2.05) is 29.0 Å². The van der Waals surface area contributed by atoms with Crippen molar-refractivity contribution in [2.45, 2.75) is 37.4 Å². The van der Waals surface area contributed by atoms with Gasteiger partial charge >= 0.3 is 0 Å². The van der Waals surface area contributed by atoms with Crippen molar-refractivity contribution < 1.29 is 9.47 Å². The summed E-state index contributed by atoms with van der Waals surface area (Å²) in [7, 11) is 7.42. The lowest BCUT2D eigenvalue weighted by Gasteiger charge is -2.08. The van der Waals surface area contributed by atoms with E-state index < -0.39 is 0 Å². The van der Waals surface area contributed by atoms with Crippen molar-refractivity contribution >= 4 is 32.9 Å². The minimum absolute atomic E-state index is 0.747. The molecular formula is C18H23NO2S3. The molecule has 1 aliphatic rings. The molecule has 130 valence electrons. The molecule has 1 aromatic heterocycles. The highest BCUT2D eigenvalue weighted by Gasteiger charge is 2.15. The van der Waals surface area contributed by atoms with Crippen molar-refractivity contribution in [3.63, 3.8) is 0 Å². The molecule has 1 saturated heterocycles. The standard InChI is InChI=1S/C18H23NO2S3/c1-20-16-8-7-13(11-17(16)21-2)15-12-22-18(19-15)6-4-3-5-14-9-10-23-24-14/h7-8,11-12,14H,3-6,9-10H2,1-2H3. The summed E-state index contributed by atoms with van der Waals surface area (Å²) in [4.78, 5) is 4.79. The Bertz CT molecular complexity index is 653. The van der Waals surface area contributed by atoms with Gasteiger partial charge in [-0.05, 0) is 43.9 Å². The second-order valence-electron chi connectivity index (χ2n) is 5.77. The van der Waals surface area contributed by atoms with Gasteiger partial charge in [-0.3, -0.25) is 0 Å². The summed E-state index contributed by atoms with van der Waals surface area (Å²) >= 11 is 1.76. The number of rotatable bonds is 8. The topological polar surface area (TPSA) is 31.4 Å². The van der Waals surface area contributed by atoms with E-state index in [2.05, 4.69) is 16.2 Å². The Morgan fingerprint density at radius 1 is 1.17 bits per heavy atom. The van der Waals surface area contributed by atoms with Crippen molar-refractivity contribution in [1.82, 2.24) is 4.98 Å². The number of hydrogen-bond acceptors (Lipinski definition) is 6. The van der Waals surface area contributed by atoms with Gasteiger partial charge in [0.15, 0.2) is 11.5 Å². The molecule has 2 aromatic rings. The third-order valence-corrected chi connectivity index (χ3v) is 8.04. The van der Waals surface area contributed by atoms with Crippen molar-refractivity contribution in [2.75, 3.05) is 20.0 Å². The Morgan fingerprint density at radius 2 is 2.04 bits per heavy atom. The maximum absolute atomic E-state index is 5.38. The number of ether oxygens (including phenoxy) is 2. The second-order valence-corrected chi connectivity index (χ2v) is 9.50. The van der Waals surface area contributed by atoms with Gasteiger partial charge in [0.25, 0.3) is 0 Å². The summed E-state index contributed by atoms with van der Waals surface area (Å²) in [5, 5.41) is 4.25. The predicted octanol–water partition coefficient (Wildman–Crippen LogP) is 5.69. The summed E-state index contributed by atoms with van der Waals surface area (Å²) in [6.07, 6.45) is 6.37. The first kappa shape index (κ1) is 18.0. The van der Waals surface area contributed by atoms with Crippen LogP contribution in [0.15, 0.2) is 23.6 Å². The van der Waals surface area contributed by atoms with Crippen molar-refractivity contribution in [3.8, 4) is 22.8 Å². The zero-order valence-corrected chi connectivity index (χ0v) is 16.6. The Labute approximate surface area is 156 Å². The first-order valence-corrected chi connectivity index (χ1v) is 11.5. The maximum atomic E-state index is 5.38. The van der Waals surface area contributed by atoms with Crippen molar-refractivity contribution in [2.24, 2.45) is 0 Å². The molecule has 24 heavy (non-hydrogen) atoms. The van der Waals surface area contributed by atoms with Crippen LogP contribution in [0.25, 0.3) is 11.3 Å². The summed E-state index contributed by atoms with van der Waals surface area (Å²) in [5.41, 5.74) is 2.10. The van der Waals surface area contributed by atoms with Gasteiger partial charge in [-0.25, -0.2) is 4.98 Å². The summed E-state index contributed by atoms with van der Waals surface area (Å²) in [5.74, 6) is 2.83. The van der Waals surface area contributed by atoms with Crippen LogP contribution >= 0.6 is 32.9 Å². The van der Waals surface area contributed by atoms with E-state index in [0.29, 0.717) is 0 Å². The van der Waals surface area contributed by atoms with Gasteiger partial charge in [-0.15, -0.1) is 11.3 Å². The van der Waals surface area contributed by atoms with E-state index in [-0.39, 0.29) is 0 Å². The van der Waals surface area contributed by atoms with E-state index in [1.165, 1.54) is 36.4 Å². The van der Waals surface area contributed by atoms with Crippen LogP contribution in [0.2, 0.25) is 0 Å². The zero-order valence-electron chi connectivity index (χ0n) is 14.1. The fourth-order valence-corrected chi connectivity index (χ4v) is 6.64. The summed E-state index contributed by atoms with van der Waals surface area (Å²) in [6.45, 7) is 0. The van der Waals surface area contributed by atoms with Gasteiger partial charge in [-0.1, -0.05) is 28.0 Å². The summed E-state index contributed by atoms with van der Waals surface area (Å²) in [6, 6.07) is 5.96. The van der Waals surface area contributed by atoms with E-state index in [0.717, 1.165) is 34.4 Å². The molecule has 1 aliphatic heterocycles. The van der Waals surface area contributed by atoms with Crippen LogP contribution in [0.1, 0.15) is 30.7 Å². The lowest BCUT2D eigenvalue weighted by Crippen LogP contribution is -1.97.